The van der Waals surface area contributed by atoms with Gasteiger partial charge in [-0.1, -0.05) is 17.7 Å². The van der Waals surface area contributed by atoms with E-state index in [0.717, 1.165) is 11.3 Å². The summed E-state index contributed by atoms with van der Waals surface area (Å²) >= 11 is 0. The molecule has 0 atom stereocenters. The molecule has 17 heavy (non-hydrogen) atoms. The highest BCUT2D eigenvalue weighted by Crippen LogP contribution is 2.17. The summed E-state index contributed by atoms with van der Waals surface area (Å²) in [6.07, 6.45) is 1.74. The second kappa shape index (κ2) is 4.05. The monoisotopic (exact) mass is 230 g/mol. The van der Waals surface area contributed by atoms with Crippen LogP contribution in [0.1, 0.15) is 27.2 Å². The van der Waals surface area contributed by atoms with Gasteiger partial charge in [0.15, 0.2) is 5.69 Å². The summed E-state index contributed by atoms with van der Waals surface area (Å²) in [6, 6.07) is 5.98. The van der Waals surface area contributed by atoms with Gasteiger partial charge in [-0.15, -0.1) is 0 Å². The van der Waals surface area contributed by atoms with E-state index in [4.69, 9.17) is 5.11 Å². The molecule has 0 amide bonds. The van der Waals surface area contributed by atoms with Crippen molar-refractivity contribution < 1.29 is 9.90 Å². The fourth-order valence-electron chi connectivity index (χ4n) is 1.86. The molecule has 0 aliphatic rings. The summed E-state index contributed by atoms with van der Waals surface area (Å²) in [5.41, 5.74) is 3.92. The van der Waals surface area contributed by atoms with Crippen LogP contribution in [0, 0.1) is 20.8 Å². The van der Waals surface area contributed by atoms with Crippen LogP contribution in [0.3, 0.4) is 0 Å². The molecule has 1 heterocycles. The van der Waals surface area contributed by atoms with Crippen LogP contribution in [-0.4, -0.2) is 20.9 Å². The van der Waals surface area contributed by atoms with E-state index in [1.54, 1.807) is 17.8 Å². The van der Waals surface area contributed by atoms with Gasteiger partial charge in [0.25, 0.3) is 0 Å². The normalized spacial score (nSPS) is 10.5. The molecule has 2 aromatic rings. The van der Waals surface area contributed by atoms with Crippen LogP contribution in [0.25, 0.3) is 5.69 Å². The van der Waals surface area contributed by atoms with Gasteiger partial charge in [0, 0.05) is 11.8 Å². The van der Waals surface area contributed by atoms with Crippen molar-refractivity contribution in [3.8, 4) is 5.69 Å². The molecule has 0 aliphatic carbocycles. The molecule has 0 spiro atoms. The Morgan fingerprint density at radius 3 is 2.47 bits per heavy atom. The Kier molecular flexibility index (Phi) is 2.71. The number of hydrogen-bond donors (Lipinski definition) is 1. The molecule has 1 aromatic heterocycles. The Morgan fingerprint density at radius 1 is 1.24 bits per heavy atom. The standard InChI is InChI=1S/C13H14N2O2/c1-8-4-5-11(9(2)6-8)15-7-10(3)12(14-15)13(16)17/h4-7H,1-3H3,(H,16,17). The molecule has 1 N–H and O–H groups in total. The highest BCUT2D eigenvalue weighted by atomic mass is 16.4. The van der Waals surface area contributed by atoms with E-state index < -0.39 is 5.97 Å². The van der Waals surface area contributed by atoms with Crippen LogP contribution in [0.2, 0.25) is 0 Å². The van der Waals surface area contributed by atoms with Gasteiger partial charge in [-0.3, -0.25) is 0 Å². The average molecular weight is 230 g/mol. The number of aromatic carboxylic acids is 1. The molecule has 0 saturated carbocycles. The lowest BCUT2D eigenvalue weighted by Gasteiger charge is -2.06. The van der Waals surface area contributed by atoms with Crippen molar-refractivity contribution in [1.29, 1.82) is 0 Å². The van der Waals surface area contributed by atoms with Crippen LogP contribution in [0.15, 0.2) is 24.4 Å². The third-order valence-corrected chi connectivity index (χ3v) is 2.70. The van der Waals surface area contributed by atoms with Crippen LogP contribution < -0.4 is 0 Å². The van der Waals surface area contributed by atoms with E-state index in [1.807, 2.05) is 32.0 Å². The fraction of sp³-hybridized carbons (Fsp3) is 0.231. The first-order valence-electron chi connectivity index (χ1n) is 5.36. The van der Waals surface area contributed by atoms with Gasteiger partial charge in [-0.05, 0) is 32.4 Å². The number of aromatic nitrogens is 2. The first kappa shape index (κ1) is 11.4. The minimum absolute atomic E-state index is 0.102. The van der Waals surface area contributed by atoms with E-state index in [0.29, 0.717) is 5.56 Å². The van der Waals surface area contributed by atoms with Crippen molar-refractivity contribution in [2.24, 2.45) is 0 Å². The molecule has 1 aromatic carbocycles. The van der Waals surface area contributed by atoms with E-state index in [2.05, 4.69) is 5.10 Å². The molecule has 0 radical (unpaired) electrons. The summed E-state index contributed by atoms with van der Waals surface area (Å²) in [4.78, 5) is 10.9. The van der Waals surface area contributed by atoms with Crippen molar-refractivity contribution in [1.82, 2.24) is 9.78 Å². The predicted molar refractivity (Wildman–Crippen MR) is 64.7 cm³/mol. The lowest BCUT2D eigenvalue weighted by Crippen LogP contribution is -2.02. The number of hydrogen-bond acceptors (Lipinski definition) is 2. The number of carbonyl (C=O) groups is 1. The highest BCUT2D eigenvalue weighted by Gasteiger charge is 2.13. The topological polar surface area (TPSA) is 55.1 Å². The Labute approximate surface area is 99.5 Å². The Bertz CT molecular complexity index is 585. The molecule has 0 fully saturated rings. The van der Waals surface area contributed by atoms with Gasteiger partial charge in [0.1, 0.15) is 0 Å². The maximum absolute atomic E-state index is 10.9. The first-order valence-corrected chi connectivity index (χ1v) is 5.36. The van der Waals surface area contributed by atoms with Gasteiger partial charge in [0.2, 0.25) is 0 Å². The van der Waals surface area contributed by atoms with Crippen molar-refractivity contribution in [2.75, 3.05) is 0 Å². The van der Waals surface area contributed by atoms with Gasteiger partial charge < -0.3 is 5.11 Å². The molecule has 4 heteroatoms. The molecule has 0 unspecified atom stereocenters. The summed E-state index contributed by atoms with van der Waals surface area (Å²) in [7, 11) is 0. The first-order chi connectivity index (χ1) is 7.99. The van der Waals surface area contributed by atoms with Crippen molar-refractivity contribution in [3.05, 3.63) is 46.8 Å². The SMILES string of the molecule is Cc1ccc(-n2cc(C)c(C(=O)O)n2)c(C)c1. The Balaban J connectivity index is 2.53. The molecule has 0 aliphatic heterocycles. The van der Waals surface area contributed by atoms with Crippen molar-refractivity contribution in [2.45, 2.75) is 20.8 Å². The zero-order valence-corrected chi connectivity index (χ0v) is 10.1. The Morgan fingerprint density at radius 2 is 1.94 bits per heavy atom. The van der Waals surface area contributed by atoms with Gasteiger partial charge in [0.05, 0.1) is 5.69 Å². The van der Waals surface area contributed by atoms with E-state index in [9.17, 15) is 4.79 Å². The minimum Gasteiger partial charge on any atom is -0.476 e. The quantitative estimate of drug-likeness (QED) is 0.862. The van der Waals surface area contributed by atoms with Crippen LogP contribution in [0.4, 0.5) is 0 Å². The average Bonchev–Trinajstić information content (AvgIpc) is 2.60. The van der Waals surface area contributed by atoms with Gasteiger partial charge in [-0.25, -0.2) is 9.48 Å². The number of benzene rings is 1. The van der Waals surface area contributed by atoms with Crippen LogP contribution in [-0.2, 0) is 0 Å². The van der Waals surface area contributed by atoms with E-state index >= 15 is 0 Å². The maximum atomic E-state index is 10.9. The molecule has 0 bridgehead atoms. The molecular formula is C13H14N2O2. The Hall–Kier alpha value is -2.10. The predicted octanol–water partition coefficient (Wildman–Crippen LogP) is 2.50. The van der Waals surface area contributed by atoms with E-state index in [-0.39, 0.29) is 5.69 Å². The molecule has 88 valence electrons. The number of aryl methyl sites for hydroxylation is 3. The summed E-state index contributed by atoms with van der Waals surface area (Å²) in [6.45, 7) is 5.75. The highest BCUT2D eigenvalue weighted by molar-refractivity contribution is 5.86. The fourth-order valence-corrected chi connectivity index (χ4v) is 1.86. The zero-order valence-electron chi connectivity index (χ0n) is 10.1. The molecule has 2 rings (SSSR count). The number of carboxylic acids is 1. The number of rotatable bonds is 2. The summed E-state index contributed by atoms with van der Waals surface area (Å²) in [5, 5.41) is 13.1. The summed E-state index contributed by atoms with van der Waals surface area (Å²) < 4.78 is 1.62. The van der Waals surface area contributed by atoms with Crippen molar-refractivity contribution >= 4 is 5.97 Å². The largest absolute Gasteiger partial charge is 0.476 e. The second-order valence-electron chi connectivity index (χ2n) is 4.20. The third-order valence-electron chi connectivity index (χ3n) is 2.70. The zero-order chi connectivity index (χ0) is 12.6. The van der Waals surface area contributed by atoms with Crippen molar-refractivity contribution in [3.63, 3.8) is 0 Å². The number of nitrogens with zero attached hydrogens (tertiary/aromatic N) is 2. The lowest BCUT2D eigenvalue weighted by molar-refractivity contribution is 0.0689. The maximum Gasteiger partial charge on any atom is 0.356 e. The third kappa shape index (κ3) is 2.06. The smallest absolute Gasteiger partial charge is 0.356 e. The van der Waals surface area contributed by atoms with E-state index in [1.165, 1.54) is 5.56 Å². The molecular weight excluding hydrogens is 216 g/mol. The van der Waals surface area contributed by atoms with Gasteiger partial charge >= 0.3 is 5.97 Å². The molecule has 0 saturated heterocycles. The minimum atomic E-state index is -0.994. The summed E-state index contributed by atoms with van der Waals surface area (Å²) in [5.74, 6) is -0.994. The number of carboxylic acid groups (broad SMARTS) is 1. The van der Waals surface area contributed by atoms with Crippen LogP contribution >= 0.6 is 0 Å². The molecule has 4 nitrogen and oxygen atoms in total. The second-order valence-corrected chi connectivity index (χ2v) is 4.20. The van der Waals surface area contributed by atoms with Gasteiger partial charge in [-0.2, -0.15) is 5.10 Å². The lowest BCUT2D eigenvalue weighted by atomic mass is 10.1. The van der Waals surface area contributed by atoms with Crippen LogP contribution in [0.5, 0.6) is 0 Å².